The smallest absolute Gasteiger partial charge is 0.223 e. The quantitative estimate of drug-likeness (QED) is 0.782. The van der Waals surface area contributed by atoms with E-state index in [0.29, 0.717) is 32.5 Å². The molecule has 1 aromatic rings. The van der Waals surface area contributed by atoms with Gasteiger partial charge in [0, 0.05) is 31.9 Å². The molecule has 1 heterocycles. The summed E-state index contributed by atoms with van der Waals surface area (Å²) in [4.78, 5) is 18.1. The fourth-order valence-electron chi connectivity index (χ4n) is 1.96. The molecule has 1 atom stereocenters. The zero-order chi connectivity index (χ0) is 14.8. The van der Waals surface area contributed by atoms with Crippen LogP contribution in [-0.2, 0) is 11.3 Å². The van der Waals surface area contributed by atoms with Crippen LogP contribution in [0.25, 0.3) is 0 Å². The molecule has 1 unspecified atom stereocenters. The molecule has 0 saturated heterocycles. The van der Waals surface area contributed by atoms with Gasteiger partial charge in [0.2, 0.25) is 5.91 Å². The number of hydrogen-bond acceptors (Lipinski definition) is 4. The van der Waals surface area contributed by atoms with Crippen LogP contribution in [0.2, 0.25) is 0 Å². The predicted octanol–water partition coefficient (Wildman–Crippen LogP) is 1.70. The maximum absolute atomic E-state index is 12.3. The molecule has 0 aromatic carbocycles. The number of rotatable bonds is 8. The Morgan fingerprint density at radius 2 is 2.40 bits per heavy atom. The molecular weight excluding hydrogens is 252 g/mol. The van der Waals surface area contributed by atoms with Gasteiger partial charge in [-0.05, 0) is 24.1 Å². The van der Waals surface area contributed by atoms with Crippen LogP contribution in [0.5, 0.6) is 0 Å². The van der Waals surface area contributed by atoms with Crippen LogP contribution in [0, 0.1) is 17.2 Å². The van der Waals surface area contributed by atoms with Crippen LogP contribution >= 0.6 is 0 Å². The molecule has 1 aromatic heterocycles. The van der Waals surface area contributed by atoms with Crippen molar-refractivity contribution in [3.8, 4) is 6.07 Å². The molecule has 0 bridgehead atoms. The SMILES string of the molecule is CCC(CN)CC(=O)N(CCC#N)Cc1cccnc1. The Balaban J connectivity index is 2.68. The third-order valence-corrected chi connectivity index (χ3v) is 3.32. The van der Waals surface area contributed by atoms with E-state index in [-0.39, 0.29) is 11.8 Å². The molecule has 0 radical (unpaired) electrons. The van der Waals surface area contributed by atoms with E-state index in [4.69, 9.17) is 11.0 Å². The Morgan fingerprint density at radius 3 is 2.95 bits per heavy atom. The van der Waals surface area contributed by atoms with E-state index in [1.165, 1.54) is 0 Å². The second-order valence-electron chi connectivity index (χ2n) is 4.80. The first-order valence-corrected chi connectivity index (χ1v) is 6.94. The summed E-state index contributed by atoms with van der Waals surface area (Å²) < 4.78 is 0. The summed E-state index contributed by atoms with van der Waals surface area (Å²) in [5, 5.41) is 8.72. The molecular formula is C15H22N4O. The summed E-state index contributed by atoms with van der Waals surface area (Å²) in [5.41, 5.74) is 6.62. The number of nitrogens with two attached hydrogens (primary N) is 1. The molecule has 108 valence electrons. The molecule has 1 rings (SSSR count). The van der Waals surface area contributed by atoms with Gasteiger partial charge < -0.3 is 10.6 Å². The van der Waals surface area contributed by atoms with Crippen LogP contribution in [0.4, 0.5) is 0 Å². The van der Waals surface area contributed by atoms with Crippen molar-refractivity contribution in [1.29, 1.82) is 5.26 Å². The molecule has 1 amide bonds. The second-order valence-corrected chi connectivity index (χ2v) is 4.80. The van der Waals surface area contributed by atoms with E-state index >= 15 is 0 Å². The second kappa shape index (κ2) is 9.05. The van der Waals surface area contributed by atoms with Crippen LogP contribution in [-0.4, -0.2) is 28.9 Å². The topological polar surface area (TPSA) is 83.0 Å². The Bertz CT molecular complexity index is 437. The number of aromatic nitrogens is 1. The zero-order valence-electron chi connectivity index (χ0n) is 12.0. The van der Waals surface area contributed by atoms with Crippen LogP contribution in [0.1, 0.15) is 31.7 Å². The lowest BCUT2D eigenvalue weighted by molar-refractivity contribution is -0.132. The highest BCUT2D eigenvalue weighted by Crippen LogP contribution is 2.12. The van der Waals surface area contributed by atoms with E-state index in [1.54, 1.807) is 17.3 Å². The lowest BCUT2D eigenvalue weighted by Crippen LogP contribution is -2.33. The number of nitrogens with zero attached hydrogens (tertiary/aromatic N) is 3. The Morgan fingerprint density at radius 1 is 1.60 bits per heavy atom. The number of carbonyl (C=O) groups excluding carboxylic acids is 1. The Kier molecular flexibility index (Phi) is 7.30. The molecule has 20 heavy (non-hydrogen) atoms. The fraction of sp³-hybridized carbons (Fsp3) is 0.533. The van der Waals surface area contributed by atoms with Gasteiger partial charge in [0.05, 0.1) is 12.5 Å². The van der Waals surface area contributed by atoms with Gasteiger partial charge in [-0.15, -0.1) is 0 Å². The highest BCUT2D eigenvalue weighted by Gasteiger charge is 2.17. The lowest BCUT2D eigenvalue weighted by atomic mass is 10.0. The molecule has 0 aliphatic carbocycles. The van der Waals surface area contributed by atoms with E-state index in [2.05, 4.69) is 11.1 Å². The molecule has 5 heteroatoms. The molecule has 0 spiro atoms. The summed E-state index contributed by atoms with van der Waals surface area (Å²) >= 11 is 0. The number of amides is 1. The third-order valence-electron chi connectivity index (χ3n) is 3.32. The van der Waals surface area contributed by atoms with Crippen molar-refractivity contribution in [2.45, 2.75) is 32.7 Å². The van der Waals surface area contributed by atoms with Crippen molar-refractivity contribution in [3.05, 3.63) is 30.1 Å². The largest absolute Gasteiger partial charge is 0.337 e. The van der Waals surface area contributed by atoms with Crippen molar-refractivity contribution in [2.75, 3.05) is 13.1 Å². The molecule has 0 fully saturated rings. The highest BCUT2D eigenvalue weighted by molar-refractivity contribution is 5.76. The maximum atomic E-state index is 12.3. The van der Waals surface area contributed by atoms with Crippen molar-refractivity contribution >= 4 is 5.91 Å². The summed E-state index contributed by atoms with van der Waals surface area (Å²) in [6, 6.07) is 5.86. The number of pyridine rings is 1. The monoisotopic (exact) mass is 274 g/mol. The van der Waals surface area contributed by atoms with Gasteiger partial charge in [-0.2, -0.15) is 5.26 Å². The first-order chi connectivity index (χ1) is 9.71. The van der Waals surface area contributed by atoms with Gasteiger partial charge in [-0.25, -0.2) is 0 Å². The van der Waals surface area contributed by atoms with E-state index in [0.717, 1.165) is 12.0 Å². The summed E-state index contributed by atoms with van der Waals surface area (Å²) in [6.45, 7) is 3.49. The fourth-order valence-corrected chi connectivity index (χ4v) is 1.96. The summed E-state index contributed by atoms with van der Waals surface area (Å²) in [6.07, 6.45) is 5.12. The average Bonchev–Trinajstić information content (AvgIpc) is 2.49. The van der Waals surface area contributed by atoms with Gasteiger partial charge in [0.1, 0.15) is 0 Å². The maximum Gasteiger partial charge on any atom is 0.223 e. The van der Waals surface area contributed by atoms with Crippen molar-refractivity contribution < 1.29 is 4.79 Å². The minimum absolute atomic E-state index is 0.0569. The first kappa shape index (κ1) is 16.1. The minimum Gasteiger partial charge on any atom is -0.337 e. The van der Waals surface area contributed by atoms with Crippen molar-refractivity contribution in [1.82, 2.24) is 9.88 Å². The third kappa shape index (κ3) is 5.37. The zero-order valence-corrected chi connectivity index (χ0v) is 12.0. The van der Waals surface area contributed by atoms with Crippen LogP contribution in [0.15, 0.2) is 24.5 Å². The molecule has 0 saturated carbocycles. The lowest BCUT2D eigenvalue weighted by Gasteiger charge is -2.23. The number of hydrogen-bond donors (Lipinski definition) is 1. The molecule has 0 aliphatic rings. The van der Waals surface area contributed by atoms with Crippen molar-refractivity contribution in [3.63, 3.8) is 0 Å². The van der Waals surface area contributed by atoms with Gasteiger partial charge in [0.15, 0.2) is 0 Å². The Labute approximate surface area is 120 Å². The highest BCUT2D eigenvalue weighted by atomic mass is 16.2. The summed E-state index contributed by atoms with van der Waals surface area (Å²) in [5.74, 6) is 0.266. The van der Waals surface area contributed by atoms with E-state index < -0.39 is 0 Å². The van der Waals surface area contributed by atoms with Crippen LogP contribution < -0.4 is 5.73 Å². The van der Waals surface area contributed by atoms with E-state index in [9.17, 15) is 4.79 Å². The average molecular weight is 274 g/mol. The van der Waals surface area contributed by atoms with Gasteiger partial charge in [-0.1, -0.05) is 19.4 Å². The normalized spacial score (nSPS) is 11.7. The standard InChI is InChI=1S/C15H22N4O/c1-2-13(10-17)9-15(20)19(8-4-6-16)12-14-5-3-7-18-11-14/h3,5,7,11,13H,2,4,8-10,12,17H2,1H3. The number of nitriles is 1. The van der Waals surface area contributed by atoms with Gasteiger partial charge in [0.25, 0.3) is 0 Å². The van der Waals surface area contributed by atoms with E-state index in [1.807, 2.05) is 19.1 Å². The predicted molar refractivity (Wildman–Crippen MR) is 77.3 cm³/mol. The van der Waals surface area contributed by atoms with Gasteiger partial charge in [-0.3, -0.25) is 9.78 Å². The van der Waals surface area contributed by atoms with Crippen LogP contribution in [0.3, 0.4) is 0 Å². The number of carbonyl (C=O) groups is 1. The van der Waals surface area contributed by atoms with Crippen molar-refractivity contribution in [2.24, 2.45) is 11.7 Å². The van der Waals surface area contributed by atoms with Gasteiger partial charge >= 0.3 is 0 Å². The minimum atomic E-state index is 0.0569. The Hall–Kier alpha value is -1.93. The molecule has 0 aliphatic heterocycles. The molecule has 5 nitrogen and oxygen atoms in total. The first-order valence-electron chi connectivity index (χ1n) is 6.94. The summed E-state index contributed by atoms with van der Waals surface area (Å²) in [7, 11) is 0. The molecule has 2 N–H and O–H groups in total.